The average Bonchev–Trinajstić information content (AvgIpc) is 2.04. The number of phenols is 1. The molecule has 1 aromatic carbocycles. The number of carbonyl (C=O) groups is 1. The molecule has 0 atom stereocenters. The number of phenolic OH excluding ortho intramolecular Hbond substituents is 1. The minimum Gasteiger partial charge on any atom is -0.508 e. The van der Waals surface area contributed by atoms with Crippen molar-refractivity contribution < 1.29 is 9.90 Å². The molecule has 70 valence electrons. The molecule has 0 amide bonds. The first kappa shape index (κ1) is 9.78. The van der Waals surface area contributed by atoms with E-state index in [0.717, 1.165) is 24.0 Å². The second-order valence-electron chi connectivity index (χ2n) is 3.15. The fourth-order valence-electron chi connectivity index (χ4n) is 1.40. The summed E-state index contributed by atoms with van der Waals surface area (Å²) in [5.74, 6) is 0.289. The summed E-state index contributed by atoms with van der Waals surface area (Å²) in [6.45, 7) is 3.60. The van der Waals surface area contributed by atoms with Gasteiger partial charge in [0.15, 0.2) is 5.78 Å². The van der Waals surface area contributed by atoms with Gasteiger partial charge in [0.1, 0.15) is 5.75 Å². The van der Waals surface area contributed by atoms with Crippen LogP contribution >= 0.6 is 0 Å². The number of carbonyl (C=O) groups excluding carboxylic acids is 1. The third kappa shape index (κ3) is 2.31. The van der Waals surface area contributed by atoms with Gasteiger partial charge >= 0.3 is 0 Å². The van der Waals surface area contributed by atoms with Gasteiger partial charge in [-0.25, -0.2) is 0 Å². The molecule has 13 heavy (non-hydrogen) atoms. The smallest absolute Gasteiger partial charge is 0.160 e. The predicted octanol–water partition coefficient (Wildman–Crippen LogP) is 2.55. The molecule has 2 nitrogen and oxygen atoms in total. The lowest BCUT2D eigenvalue weighted by atomic mass is 10.0. The maximum Gasteiger partial charge on any atom is 0.160 e. The lowest BCUT2D eigenvalue weighted by Gasteiger charge is -2.05. The average molecular weight is 178 g/mol. The van der Waals surface area contributed by atoms with Crippen LogP contribution in [0.4, 0.5) is 0 Å². The van der Waals surface area contributed by atoms with E-state index in [-0.39, 0.29) is 11.5 Å². The van der Waals surface area contributed by atoms with E-state index in [0.29, 0.717) is 0 Å². The fraction of sp³-hybridized carbons (Fsp3) is 0.364. The van der Waals surface area contributed by atoms with E-state index in [2.05, 4.69) is 0 Å². The number of hydrogen-bond donors (Lipinski definition) is 1. The Labute approximate surface area is 78.2 Å². The summed E-state index contributed by atoms with van der Waals surface area (Å²) in [7, 11) is 0. The van der Waals surface area contributed by atoms with Crippen molar-refractivity contribution in [2.75, 3.05) is 0 Å². The number of rotatable bonds is 3. The first-order chi connectivity index (χ1) is 6.15. The maximum atomic E-state index is 11.2. The molecule has 0 fully saturated rings. The minimum absolute atomic E-state index is 0.0588. The third-order valence-electron chi connectivity index (χ3n) is 1.99. The standard InChI is InChI=1S/C11H14O2/c1-3-4-9-7-10(13)5-6-11(9)8(2)12/h5-7,13H,3-4H2,1-2H3. The van der Waals surface area contributed by atoms with Crippen LogP contribution in [0.5, 0.6) is 5.75 Å². The van der Waals surface area contributed by atoms with E-state index < -0.39 is 0 Å². The highest BCUT2D eigenvalue weighted by atomic mass is 16.3. The number of benzene rings is 1. The van der Waals surface area contributed by atoms with Gasteiger partial charge in [0, 0.05) is 5.56 Å². The Morgan fingerprint density at radius 3 is 2.69 bits per heavy atom. The van der Waals surface area contributed by atoms with Crippen LogP contribution in [0.2, 0.25) is 0 Å². The van der Waals surface area contributed by atoms with Crippen LogP contribution in [-0.4, -0.2) is 10.9 Å². The highest BCUT2D eigenvalue weighted by Crippen LogP contribution is 2.18. The van der Waals surface area contributed by atoms with E-state index in [9.17, 15) is 9.90 Å². The van der Waals surface area contributed by atoms with Crippen LogP contribution in [-0.2, 0) is 6.42 Å². The molecule has 0 radical (unpaired) electrons. The fourth-order valence-corrected chi connectivity index (χ4v) is 1.40. The normalized spacial score (nSPS) is 10.0. The molecule has 0 heterocycles. The van der Waals surface area contributed by atoms with Gasteiger partial charge in [0.05, 0.1) is 0 Å². The van der Waals surface area contributed by atoms with Gasteiger partial charge in [-0.05, 0) is 37.1 Å². The van der Waals surface area contributed by atoms with Crippen molar-refractivity contribution in [1.29, 1.82) is 0 Å². The Morgan fingerprint density at radius 2 is 2.15 bits per heavy atom. The zero-order valence-electron chi connectivity index (χ0n) is 8.00. The quantitative estimate of drug-likeness (QED) is 0.722. The van der Waals surface area contributed by atoms with Crippen molar-refractivity contribution in [3.05, 3.63) is 29.3 Å². The molecule has 1 rings (SSSR count). The number of ketones is 1. The van der Waals surface area contributed by atoms with Crippen LogP contribution in [0.15, 0.2) is 18.2 Å². The van der Waals surface area contributed by atoms with Gasteiger partial charge in [-0.3, -0.25) is 4.79 Å². The highest BCUT2D eigenvalue weighted by molar-refractivity contribution is 5.95. The molecule has 0 bridgehead atoms. The second-order valence-corrected chi connectivity index (χ2v) is 3.15. The van der Waals surface area contributed by atoms with Gasteiger partial charge in [-0.1, -0.05) is 13.3 Å². The highest BCUT2D eigenvalue weighted by Gasteiger charge is 2.06. The molecule has 0 saturated heterocycles. The van der Waals surface area contributed by atoms with Crippen LogP contribution < -0.4 is 0 Å². The summed E-state index contributed by atoms with van der Waals surface area (Å²) in [4.78, 5) is 11.2. The first-order valence-corrected chi connectivity index (χ1v) is 4.48. The Bertz CT molecular complexity index is 316. The molecule has 0 aliphatic heterocycles. The van der Waals surface area contributed by atoms with Gasteiger partial charge in [0.25, 0.3) is 0 Å². The van der Waals surface area contributed by atoms with Gasteiger partial charge < -0.3 is 5.11 Å². The SMILES string of the molecule is CCCc1cc(O)ccc1C(C)=O. The Balaban J connectivity index is 3.10. The summed E-state index contributed by atoms with van der Waals surface area (Å²) in [6.07, 6.45) is 1.81. The van der Waals surface area contributed by atoms with Crippen LogP contribution in [0, 0.1) is 0 Å². The summed E-state index contributed by atoms with van der Waals surface area (Å²) in [5.41, 5.74) is 1.66. The van der Waals surface area contributed by atoms with Gasteiger partial charge in [-0.15, -0.1) is 0 Å². The zero-order chi connectivity index (χ0) is 9.84. The van der Waals surface area contributed by atoms with Gasteiger partial charge in [-0.2, -0.15) is 0 Å². The van der Waals surface area contributed by atoms with Crippen molar-refractivity contribution in [3.8, 4) is 5.75 Å². The van der Waals surface area contributed by atoms with Crippen LogP contribution in [0.1, 0.15) is 36.2 Å². The minimum atomic E-state index is 0.0588. The first-order valence-electron chi connectivity index (χ1n) is 4.48. The largest absolute Gasteiger partial charge is 0.508 e. The second kappa shape index (κ2) is 4.08. The van der Waals surface area contributed by atoms with Crippen LogP contribution in [0.3, 0.4) is 0 Å². The molecule has 1 N–H and O–H groups in total. The number of hydrogen-bond acceptors (Lipinski definition) is 2. The molecule has 0 saturated carbocycles. The lowest BCUT2D eigenvalue weighted by Crippen LogP contribution is -1.98. The van der Waals surface area contributed by atoms with E-state index >= 15 is 0 Å². The summed E-state index contributed by atoms with van der Waals surface area (Å²) >= 11 is 0. The van der Waals surface area contributed by atoms with E-state index in [1.54, 1.807) is 25.1 Å². The molecule has 2 heteroatoms. The molecule has 1 aromatic rings. The number of Topliss-reactive ketones (excluding diaryl/α,β-unsaturated/α-hetero) is 1. The zero-order valence-corrected chi connectivity index (χ0v) is 8.00. The molecular weight excluding hydrogens is 164 g/mol. The Morgan fingerprint density at radius 1 is 1.46 bits per heavy atom. The van der Waals surface area contributed by atoms with E-state index in [1.807, 2.05) is 6.92 Å². The Hall–Kier alpha value is -1.31. The summed E-state index contributed by atoms with van der Waals surface area (Å²) < 4.78 is 0. The topological polar surface area (TPSA) is 37.3 Å². The summed E-state index contributed by atoms with van der Waals surface area (Å²) in [6, 6.07) is 4.90. The molecule has 0 spiro atoms. The number of aryl methyl sites for hydroxylation is 1. The van der Waals surface area contributed by atoms with Gasteiger partial charge in [0.2, 0.25) is 0 Å². The van der Waals surface area contributed by atoms with Crippen molar-refractivity contribution >= 4 is 5.78 Å². The van der Waals surface area contributed by atoms with Crippen molar-refractivity contribution in [2.24, 2.45) is 0 Å². The van der Waals surface area contributed by atoms with Crippen molar-refractivity contribution in [1.82, 2.24) is 0 Å². The van der Waals surface area contributed by atoms with Crippen LogP contribution in [0.25, 0.3) is 0 Å². The number of aromatic hydroxyl groups is 1. The van der Waals surface area contributed by atoms with Crippen molar-refractivity contribution in [3.63, 3.8) is 0 Å². The third-order valence-corrected chi connectivity index (χ3v) is 1.99. The summed E-state index contributed by atoms with van der Waals surface area (Å²) in [5, 5.41) is 9.23. The monoisotopic (exact) mass is 178 g/mol. The lowest BCUT2D eigenvalue weighted by molar-refractivity contribution is 0.101. The Kier molecular flexibility index (Phi) is 3.07. The van der Waals surface area contributed by atoms with Crippen molar-refractivity contribution in [2.45, 2.75) is 26.7 Å². The molecule has 0 aliphatic carbocycles. The molecule has 0 aliphatic rings. The predicted molar refractivity (Wildman–Crippen MR) is 52.1 cm³/mol. The maximum absolute atomic E-state index is 11.2. The van der Waals surface area contributed by atoms with E-state index in [4.69, 9.17) is 0 Å². The molecule has 0 aromatic heterocycles. The molecule has 0 unspecified atom stereocenters. The molecular formula is C11H14O2. The van der Waals surface area contributed by atoms with E-state index in [1.165, 1.54) is 0 Å².